The van der Waals surface area contributed by atoms with Gasteiger partial charge in [-0.2, -0.15) is 0 Å². The predicted molar refractivity (Wildman–Crippen MR) is 133 cm³/mol. The number of fused-ring (bicyclic) bond motifs is 8. The summed E-state index contributed by atoms with van der Waals surface area (Å²) in [6.07, 6.45) is 5.61. The predicted octanol–water partition coefficient (Wildman–Crippen LogP) is 5.02. The summed E-state index contributed by atoms with van der Waals surface area (Å²) in [6.45, 7) is 5.91. The first kappa shape index (κ1) is 20.9. The Balaban J connectivity index is 1.21. The van der Waals surface area contributed by atoms with E-state index in [9.17, 15) is 5.11 Å². The summed E-state index contributed by atoms with van der Waals surface area (Å²) in [6, 6.07) is 22.2. The first-order valence-electron chi connectivity index (χ1n) is 12.5. The van der Waals surface area contributed by atoms with Gasteiger partial charge in [0.05, 0.1) is 5.60 Å². The molecule has 2 bridgehead atoms. The van der Waals surface area contributed by atoms with Gasteiger partial charge in [0.1, 0.15) is 5.82 Å². The second-order valence-electron chi connectivity index (χ2n) is 10.2. The fourth-order valence-corrected chi connectivity index (χ4v) is 6.59. The Morgan fingerprint density at radius 1 is 0.970 bits per heavy atom. The Labute approximate surface area is 196 Å². The van der Waals surface area contributed by atoms with Gasteiger partial charge in [0.2, 0.25) is 0 Å². The van der Waals surface area contributed by atoms with Crippen LogP contribution in [0.2, 0.25) is 0 Å². The molecule has 3 aromatic rings. The number of benzene rings is 2. The molecule has 1 saturated heterocycles. The van der Waals surface area contributed by atoms with Gasteiger partial charge < -0.3 is 15.3 Å². The van der Waals surface area contributed by atoms with Crippen LogP contribution in [0.25, 0.3) is 0 Å². The third kappa shape index (κ3) is 3.31. The average Bonchev–Trinajstić information content (AvgIpc) is 3.37. The van der Waals surface area contributed by atoms with Crippen molar-refractivity contribution >= 4 is 5.82 Å². The van der Waals surface area contributed by atoms with E-state index in [-0.39, 0.29) is 5.41 Å². The van der Waals surface area contributed by atoms with Crippen LogP contribution in [0.5, 0.6) is 0 Å². The van der Waals surface area contributed by atoms with Gasteiger partial charge in [0.25, 0.3) is 0 Å². The summed E-state index contributed by atoms with van der Waals surface area (Å²) in [5, 5.41) is 14.8. The standard InChI is InChI=1S/C29H33N3O/c1-2-15-30-27-12-11-21(19-31-27)29(33)13-16-32(17-14-29)20-28-18-24(22-7-3-5-9-25(22)28)23-8-4-6-10-26(23)28/h3-12,19,24,33H,2,13-18,20H2,1H3,(H,30,31). The van der Waals surface area contributed by atoms with Crippen molar-refractivity contribution in [1.82, 2.24) is 9.88 Å². The molecule has 6 rings (SSSR count). The van der Waals surface area contributed by atoms with Crippen molar-refractivity contribution in [2.45, 2.75) is 49.5 Å². The van der Waals surface area contributed by atoms with Crippen LogP contribution in [0.1, 0.15) is 66.3 Å². The molecule has 1 fully saturated rings. The lowest BCUT2D eigenvalue weighted by atomic mass is 9.74. The smallest absolute Gasteiger partial charge is 0.125 e. The zero-order valence-electron chi connectivity index (χ0n) is 19.4. The molecule has 0 unspecified atom stereocenters. The number of rotatable bonds is 6. The maximum Gasteiger partial charge on any atom is 0.125 e. The zero-order chi connectivity index (χ0) is 22.5. The monoisotopic (exact) mass is 439 g/mol. The number of likely N-dealkylation sites (tertiary alicyclic amines) is 1. The van der Waals surface area contributed by atoms with Crippen LogP contribution in [-0.4, -0.2) is 41.2 Å². The minimum absolute atomic E-state index is 0.0848. The minimum atomic E-state index is -0.784. The molecule has 0 radical (unpaired) electrons. The van der Waals surface area contributed by atoms with Crippen molar-refractivity contribution in [3.05, 3.63) is 94.7 Å². The Kier molecular flexibility index (Phi) is 5.04. The molecule has 0 saturated carbocycles. The fraction of sp³-hybridized carbons (Fsp3) is 0.414. The molecular weight excluding hydrogens is 406 g/mol. The van der Waals surface area contributed by atoms with Crippen molar-refractivity contribution in [2.24, 2.45) is 0 Å². The number of piperidine rings is 1. The zero-order valence-corrected chi connectivity index (χ0v) is 19.4. The van der Waals surface area contributed by atoms with Crippen molar-refractivity contribution in [1.29, 1.82) is 0 Å². The lowest BCUT2D eigenvalue weighted by Crippen LogP contribution is -2.47. The molecule has 33 heavy (non-hydrogen) atoms. The van der Waals surface area contributed by atoms with Gasteiger partial charge in [-0.15, -0.1) is 0 Å². The van der Waals surface area contributed by atoms with E-state index < -0.39 is 5.60 Å². The summed E-state index contributed by atoms with van der Waals surface area (Å²) < 4.78 is 0. The van der Waals surface area contributed by atoms with E-state index in [4.69, 9.17) is 0 Å². The second kappa shape index (κ2) is 7.96. The van der Waals surface area contributed by atoms with Gasteiger partial charge in [0.15, 0.2) is 0 Å². The largest absolute Gasteiger partial charge is 0.385 e. The number of nitrogens with zero attached hydrogens (tertiary/aromatic N) is 2. The molecule has 4 heteroatoms. The molecule has 2 N–H and O–H groups in total. The molecule has 0 atom stereocenters. The molecule has 0 amide bonds. The number of aliphatic hydroxyl groups is 1. The van der Waals surface area contributed by atoms with Crippen LogP contribution < -0.4 is 5.32 Å². The summed E-state index contributed by atoms with van der Waals surface area (Å²) in [5.41, 5.74) is 6.33. The molecule has 0 spiro atoms. The van der Waals surface area contributed by atoms with Crippen molar-refractivity contribution < 1.29 is 5.11 Å². The van der Waals surface area contributed by atoms with Gasteiger partial charge in [-0.3, -0.25) is 0 Å². The first-order valence-corrected chi connectivity index (χ1v) is 12.5. The first-order chi connectivity index (χ1) is 16.1. The molecule has 2 heterocycles. The summed E-state index contributed by atoms with van der Waals surface area (Å²) in [4.78, 5) is 7.12. The Bertz CT molecular complexity index is 1100. The van der Waals surface area contributed by atoms with Gasteiger partial charge in [-0.25, -0.2) is 4.98 Å². The highest BCUT2D eigenvalue weighted by Gasteiger charge is 2.53. The van der Waals surface area contributed by atoms with Gasteiger partial charge in [0, 0.05) is 49.3 Å². The highest BCUT2D eigenvalue weighted by Crippen LogP contribution is 2.60. The fourth-order valence-electron chi connectivity index (χ4n) is 6.59. The van der Waals surface area contributed by atoms with Crippen LogP contribution in [0, 0.1) is 0 Å². The van der Waals surface area contributed by atoms with Crippen LogP contribution in [0.4, 0.5) is 5.82 Å². The van der Waals surface area contributed by atoms with Crippen molar-refractivity contribution in [3.63, 3.8) is 0 Å². The van der Waals surface area contributed by atoms with E-state index >= 15 is 0 Å². The minimum Gasteiger partial charge on any atom is -0.385 e. The second-order valence-corrected chi connectivity index (χ2v) is 10.2. The molecule has 4 nitrogen and oxygen atoms in total. The van der Waals surface area contributed by atoms with Crippen LogP contribution in [0.3, 0.4) is 0 Å². The van der Waals surface area contributed by atoms with Gasteiger partial charge in [-0.1, -0.05) is 61.5 Å². The number of nitrogens with one attached hydrogen (secondary N) is 1. The number of aromatic nitrogens is 1. The Morgan fingerprint density at radius 2 is 1.64 bits per heavy atom. The molecule has 1 aromatic heterocycles. The van der Waals surface area contributed by atoms with Gasteiger partial charge in [-0.05, 0) is 54.0 Å². The van der Waals surface area contributed by atoms with Crippen LogP contribution >= 0.6 is 0 Å². The van der Waals surface area contributed by atoms with E-state index in [1.54, 1.807) is 0 Å². The molecular formula is C29H33N3O. The molecule has 1 aliphatic heterocycles. The normalized spacial score (nSPS) is 25.0. The molecule has 3 aliphatic rings. The van der Waals surface area contributed by atoms with Crippen LogP contribution in [-0.2, 0) is 11.0 Å². The Morgan fingerprint density at radius 3 is 2.24 bits per heavy atom. The summed E-state index contributed by atoms with van der Waals surface area (Å²) in [7, 11) is 0. The highest BCUT2D eigenvalue weighted by atomic mass is 16.3. The topological polar surface area (TPSA) is 48.4 Å². The molecule has 170 valence electrons. The van der Waals surface area contributed by atoms with Crippen molar-refractivity contribution in [2.75, 3.05) is 31.5 Å². The number of pyridine rings is 1. The third-order valence-corrected chi connectivity index (χ3v) is 8.29. The van der Waals surface area contributed by atoms with E-state index in [1.165, 1.54) is 28.7 Å². The van der Waals surface area contributed by atoms with E-state index in [2.05, 4.69) is 70.7 Å². The third-order valence-electron chi connectivity index (χ3n) is 8.29. The van der Waals surface area contributed by atoms with Crippen molar-refractivity contribution in [3.8, 4) is 0 Å². The van der Waals surface area contributed by atoms with Gasteiger partial charge >= 0.3 is 0 Å². The average molecular weight is 440 g/mol. The number of anilines is 1. The van der Waals surface area contributed by atoms with Crippen LogP contribution in [0.15, 0.2) is 66.9 Å². The Hall–Kier alpha value is -2.69. The van der Waals surface area contributed by atoms with E-state index in [0.29, 0.717) is 5.92 Å². The molecule has 2 aliphatic carbocycles. The number of hydrogen-bond donors (Lipinski definition) is 2. The number of hydrogen-bond acceptors (Lipinski definition) is 4. The van der Waals surface area contributed by atoms with E-state index in [0.717, 1.165) is 56.8 Å². The summed E-state index contributed by atoms with van der Waals surface area (Å²) in [5.74, 6) is 1.42. The quantitative estimate of drug-likeness (QED) is 0.566. The lowest BCUT2D eigenvalue weighted by Gasteiger charge is -2.42. The highest BCUT2D eigenvalue weighted by molar-refractivity contribution is 5.63. The molecule has 2 aromatic carbocycles. The SMILES string of the molecule is CCCNc1ccc(C2(O)CCN(CC34CC(c5ccccc53)c3ccccc34)CC2)cn1. The maximum absolute atomic E-state index is 11.4. The lowest BCUT2D eigenvalue weighted by molar-refractivity contribution is -0.0291. The maximum atomic E-state index is 11.4. The summed E-state index contributed by atoms with van der Waals surface area (Å²) >= 11 is 0. The van der Waals surface area contributed by atoms with E-state index in [1.807, 2.05) is 18.3 Å².